The summed E-state index contributed by atoms with van der Waals surface area (Å²) in [7, 11) is 0. The van der Waals surface area contributed by atoms with Crippen molar-refractivity contribution >= 4 is 11.9 Å². The highest BCUT2D eigenvalue weighted by Crippen LogP contribution is 2.24. The van der Waals surface area contributed by atoms with Gasteiger partial charge in [0.1, 0.15) is 19.0 Å². The zero-order chi connectivity index (χ0) is 29.9. The van der Waals surface area contributed by atoms with Crippen LogP contribution in [0.25, 0.3) is 11.1 Å². The van der Waals surface area contributed by atoms with Crippen LogP contribution in [0.4, 0.5) is 0 Å². The summed E-state index contributed by atoms with van der Waals surface area (Å²) in [5.41, 5.74) is 0.452. The highest BCUT2D eigenvalue weighted by molar-refractivity contribution is 5.90. The van der Waals surface area contributed by atoms with Gasteiger partial charge in [0.2, 0.25) is 0 Å². The number of hydrogen-bond acceptors (Lipinski definition) is 7. The van der Waals surface area contributed by atoms with E-state index in [4.69, 9.17) is 14.2 Å². The quantitative estimate of drug-likeness (QED) is 0.154. The molecule has 0 radical (unpaired) electrons. The summed E-state index contributed by atoms with van der Waals surface area (Å²) in [6.45, 7) is 14.9. The fraction of sp³-hybridized carbons (Fsp3) is 0.455. The molecule has 0 aromatic heterocycles. The van der Waals surface area contributed by atoms with Crippen LogP contribution in [-0.4, -0.2) is 53.2 Å². The molecular weight excluding hydrogens is 508 g/mol. The molecule has 0 fully saturated rings. The minimum absolute atomic E-state index is 0.0797. The summed E-state index contributed by atoms with van der Waals surface area (Å²) >= 11 is 0. The zero-order valence-corrected chi connectivity index (χ0v) is 24.5. The Bertz CT molecular complexity index is 1090. The molecule has 0 aliphatic carbocycles. The Kier molecular flexibility index (Phi) is 12.1. The van der Waals surface area contributed by atoms with Crippen molar-refractivity contribution in [2.75, 3.05) is 19.8 Å². The molecule has 2 aromatic rings. The number of aryl methyl sites for hydroxylation is 1. The van der Waals surface area contributed by atoms with Gasteiger partial charge in [-0.25, -0.2) is 9.59 Å². The van der Waals surface area contributed by atoms with Crippen LogP contribution < -0.4 is 4.74 Å². The molecule has 0 unspecified atom stereocenters. The molecule has 2 N–H and O–H groups in total. The average molecular weight is 553 g/mol. The van der Waals surface area contributed by atoms with Gasteiger partial charge in [0.25, 0.3) is 0 Å². The number of carbonyl (C=O) groups excluding carboxylic acids is 2. The van der Waals surface area contributed by atoms with Gasteiger partial charge >= 0.3 is 11.9 Å². The average Bonchev–Trinajstić information content (AvgIpc) is 2.91. The number of benzene rings is 2. The van der Waals surface area contributed by atoms with Gasteiger partial charge in [-0.05, 0) is 69.4 Å². The molecule has 40 heavy (non-hydrogen) atoms. The first-order valence-corrected chi connectivity index (χ1v) is 13.7. The van der Waals surface area contributed by atoms with Crippen molar-refractivity contribution in [2.45, 2.75) is 71.5 Å². The Morgan fingerprint density at radius 2 is 1.20 bits per heavy atom. The van der Waals surface area contributed by atoms with Crippen molar-refractivity contribution in [1.29, 1.82) is 0 Å². The second-order valence-corrected chi connectivity index (χ2v) is 11.1. The smallest absolute Gasteiger partial charge is 0.336 e. The van der Waals surface area contributed by atoms with Crippen LogP contribution in [0.5, 0.6) is 5.75 Å². The number of carbonyl (C=O) groups is 2. The van der Waals surface area contributed by atoms with Gasteiger partial charge in [-0.3, -0.25) is 0 Å². The molecule has 7 heteroatoms. The maximum absolute atomic E-state index is 12.3. The molecule has 0 spiro atoms. The third-order valence-electron chi connectivity index (χ3n) is 6.57. The molecule has 0 amide bonds. The Hall–Kier alpha value is -3.42. The van der Waals surface area contributed by atoms with Gasteiger partial charge < -0.3 is 24.4 Å². The second-order valence-electron chi connectivity index (χ2n) is 11.1. The first kappa shape index (κ1) is 32.8. The predicted molar refractivity (Wildman–Crippen MR) is 157 cm³/mol. The van der Waals surface area contributed by atoms with Crippen molar-refractivity contribution in [3.8, 4) is 16.9 Å². The topological polar surface area (TPSA) is 102 Å². The minimum Gasteiger partial charge on any atom is -0.493 e. The summed E-state index contributed by atoms with van der Waals surface area (Å²) in [5.74, 6) is -1.45. The third kappa shape index (κ3) is 10.6. The molecule has 0 atom stereocenters. The van der Waals surface area contributed by atoms with E-state index in [2.05, 4.69) is 44.3 Å². The number of ether oxygens (including phenoxy) is 3. The fourth-order valence-corrected chi connectivity index (χ4v) is 3.61. The van der Waals surface area contributed by atoms with E-state index in [9.17, 15) is 19.8 Å². The molecule has 2 rings (SSSR count). The van der Waals surface area contributed by atoms with Crippen molar-refractivity contribution < 1.29 is 34.0 Å². The first-order valence-electron chi connectivity index (χ1n) is 13.7. The van der Waals surface area contributed by atoms with E-state index < -0.39 is 29.1 Å². The van der Waals surface area contributed by atoms with Gasteiger partial charge in [0.15, 0.2) is 0 Å². The van der Waals surface area contributed by atoms with E-state index >= 15 is 0 Å². The number of unbranched alkanes of at least 4 members (excludes halogenated alkanes) is 2. The molecule has 0 heterocycles. The molecule has 2 aromatic carbocycles. The van der Waals surface area contributed by atoms with Gasteiger partial charge in [0, 0.05) is 0 Å². The number of rotatable bonds is 16. The molecule has 0 aliphatic heterocycles. The van der Waals surface area contributed by atoms with Crippen molar-refractivity contribution in [3.63, 3.8) is 0 Å². The van der Waals surface area contributed by atoms with Crippen LogP contribution in [0.2, 0.25) is 0 Å². The molecule has 0 bridgehead atoms. The van der Waals surface area contributed by atoms with Crippen LogP contribution in [0.3, 0.4) is 0 Å². The molecule has 0 saturated carbocycles. The van der Waals surface area contributed by atoms with E-state index in [1.165, 1.54) is 52.5 Å². The molecule has 0 aliphatic rings. The van der Waals surface area contributed by atoms with Crippen LogP contribution in [0, 0.1) is 5.92 Å². The second kappa shape index (κ2) is 14.8. The largest absolute Gasteiger partial charge is 0.493 e. The van der Waals surface area contributed by atoms with Crippen LogP contribution in [0.1, 0.15) is 59.4 Å². The SMILES string of the molecule is C=C(C(=O)OCC(COC(=O)C(=C)C(C)(C)O)COc1ccc(-c2ccc(CCCCC)cc2)cc1)C(C)(C)O. The molecule has 218 valence electrons. The van der Waals surface area contributed by atoms with Crippen molar-refractivity contribution in [1.82, 2.24) is 0 Å². The van der Waals surface area contributed by atoms with E-state index in [0.29, 0.717) is 5.75 Å². The maximum Gasteiger partial charge on any atom is 0.336 e. The summed E-state index contributed by atoms with van der Waals surface area (Å²) < 4.78 is 16.6. The Labute approximate surface area is 238 Å². The fourth-order valence-electron chi connectivity index (χ4n) is 3.61. The van der Waals surface area contributed by atoms with Crippen molar-refractivity contribution in [3.05, 3.63) is 78.4 Å². The maximum atomic E-state index is 12.3. The van der Waals surface area contributed by atoms with Crippen LogP contribution in [-0.2, 0) is 25.5 Å². The van der Waals surface area contributed by atoms with E-state index in [1.54, 1.807) is 0 Å². The normalized spacial score (nSPS) is 11.7. The van der Waals surface area contributed by atoms with E-state index in [1.807, 2.05) is 24.3 Å². The molecular formula is C33H44O7. The Balaban J connectivity index is 2.02. The number of esters is 2. The van der Waals surface area contributed by atoms with Gasteiger partial charge in [-0.15, -0.1) is 0 Å². The predicted octanol–water partition coefficient (Wildman–Crippen LogP) is 5.82. The Morgan fingerprint density at radius 3 is 1.62 bits per heavy atom. The lowest BCUT2D eigenvalue weighted by Crippen LogP contribution is -2.32. The summed E-state index contributed by atoms with van der Waals surface area (Å²) in [4.78, 5) is 24.7. The van der Waals surface area contributed by atoms with Gasteiger partial charge in [0.05, 0.1) is 34.9 Å². The minimum atomic E-state index is -1.43. The van der Waals surface area contributed by atoms with Gasteiger partial charge in [-0.2, -0.15) is 0 Å². The van der Waals surface area contributed by atoms with E-state index in [0.717, 1.165) is 17.5 Å². The summed E-state index contributed by atoms with van der Waals surface area (Å²) in [6, 6.07) is 16.2. The lowest BCUT2D eigenvalue weighted by Gasteiger charge is -2.23. The summed E-state index contributed by atoms with van der Waals surface area (Å²) in [6.07, 6.45) is 4.73. The van der Waals surface area contributed by atoms with Crippen LogP contribution >= 0.6 is 0 Å². The summed E-state index contributed by atoms with van der Waals surface area (Å²) in [5, 5.41) is 20.0. The van der Waals surface area contributed by atoms with E-state index in [-0.39, 0.29) is 31.0 Å². The third-order valence-corrected chi connectivity index (χ3v) is 6.57. The molecule has 0 saturated heterocycles. The standard InChI is InChI=1S/C33H44O7/c1-8-9-10-11-25-12-14-27(15-13-25)28-16-18-29(19-17-28)38-20-26(21-39-30(34)23(2)32(4,5)36)22-40-31(35)24(3)33(6,7)37/h12-19,26,36-37H,2-3,8-11,20-22H2,1,4-7H3. The van der Waals surface area contributed by atoms with Gasteiger partial charge in [-0.1, -0.05) is 69.3 Å². The first-order chi connectivity index (χ1) is 18.7. The number of hydrogen-bond donors (Lipinski definition) is 2. The zero-order valence-electron chi connectivity index (χ0n) is 24.5. The monoisotopic (exact) mass is 552 g/mol. The molecule has 7 nitrogen and oxygen atoms in total. The Morgan fingerprint density at radius 1 is 0.750 bits per heavy atom. The number of aliphatic hydroxyl groups is 2. The van der Waals surface area contributed by atoms with Crippen molar-refractivity contribution in [2.24, 2.45) is 5.92 Å². The highest BCUT2D eigenvalue weighted by Gasteiger charge is 2.28. The lowest BCUT2D eigenvalue weighted by atomic mass is 10.0. The lowest BCUT2D eigenvalue weighted by molar-refractivity contribution is -0.146. The highest BCUT2D eigenvalue weighted by atomic mass is 16.6. The van der Waals surface area contributed by atoms with Crippen LogP contribution in [0.15, 0.2) is 72.8 Å².